The molecule has 0 radical (unpaired) electrons. The maximum Gasteiger partial charge on any atom is 0.378 e. The highest BCUT2D eigenvalue weighted by molar-refractivity contribution is 6.39. The number of ketones is 1. The predicted molar refractivity (Wildman–Crippen MR) is 72.3 cm³/mol. The minimum atomic E-state index is -1.03. The lowest BCUT2D eigenvalue weighted by Gasteiger charge is -2.03. The van der Waals surface area contributed by atoms with Gasteiger partial charge in [-0.1, -0.05) is 6.07 Å². The molecule has 0 spiro atoms. The largest absolute Gasteiger partial charge is 0.506 e. The van der Waals surface area contributed by atoms with Crippen LogP contribution in [-0.2, 0) is 14.3 Å². The van der Waals surface area contributed by atoms with Crippen molar-refractivity contribution in [2.45, 2.75) is 13.8 Å². The highest BCUT2D eigenvalue weighted by Crippen LogP contribution is 2.20. The molecule has 0 amide bonds. The second-order valence-electron chi connectivity index (χ2n) is 4.32. The third-order valence-electron chi connectivity index (χ3n) is 2.92. The molecular formula is C14H14N2O4. The van der Waals surface area contributed by atoms with E-state index in [2.05, 4.69) is 9.72 Å². The fourth-order valence-corrected chi connectivity index (χ4v) is 1.98. The van der Waals surface area contributed by atoms with Gasteiger partial charge in [-0.15, -0.1) is 0 Å². The summed E-state index contributed by atoms with van der Waals surface area (Å²) in [4.78, 5) is 26.9. The van der Waals surface area contributed by atoms with Gasteiger partial charge in [-0.05, 0) is 25.5 Å². The van der Waals surface area contributed by atoms with Crippen LogP contribution in [0.2, 0.25) is 0 Å². The third-order valence-corrected chi connectivity index (χ3v) is 2.92. The van der Waals surface area contributed by atoms with Crippen molar-refractivity contribution in [2.75, 3.05) is 7.11 Å². The van der Waals surface area contributed by atoms with Gasteiger partial charge in [-0.3, -0.25) is 9.20 Å². The van der Waals surface area contributed by atoms with Gasteiger partial charge in [0.25, 0.3) is 5.78 Å². The van der Waals surface area contributed by atoms with E-state index in [9.17, 15) is 14.7 Å². The molecule has 0 saturated carbocycles. The van der Waals surface area contributed by atoms with Crippen molar-refractivity contribution in [2.24, 2.45) is 0 Å². The monoisotopic (exact) mass is 274 g/mol. The number of ether oxygens (including phenoxy) is 1. The van der Waals surface area contributed by atoms with Crippen molar-refractivity contribution in [3.8, 4) is 0 Å². The summed E-state index contributed by atoms with van der Waals surface area (Å²) in [6.45, 7) is 3.61. The normalized spacial score (nSPS) is 11.7. The summed E-state index contributed by atoms with van der Waals surface area (Å²) < 4.78 is 5.97. The van der Waals surface area contributed by atoms with Gasteiger partial charge in [0.15, 0.2) is 0 Å². The first-order valence-electron chi connectivity index (χ1n) is 5.93. The van der Waals surface area contributed by atoms with Gasteiger partial charge < -0.3 is 9.84 Å². The Morgan fingerprint density at radius 1 is 1.40 bits per heavy atom. The first-order chi connectivity index (χ1) is 9.45. The molecule has 2 aromatic rings. The number of pyridine rings is 1. The smallest absolute Gasteiger partial charge is 0.378 e. The maximum absolute atomic E-state index is 11.5. The summed E-state index contributed by atoms with van der Waals surface area (Å²) in [6.07, 6.45) is 2.56. The molecule has 0 aliphatic heterocycles. The number of nitrogens with zero attached hydrogens (tertiary/aromatic N) is 2. The molecular weight excluding hydrogens is 260 g/mol. The zero-order chi connectivity index (χ0) is 14.9. The fourth-order valence-electron chi connectivity index (χ4n) is 1.98. The van der Waals surface area contributed by atoms with Gasteiger partial charge in [-0.25, -0.2) is 9.78 Å². The molecule has 20 heavy (non-hydrogen) atoms. The Hall–Kier alpha value is -2.63. The van der Waals surface area contributed by atoms with Crippen molar-refractivity contribution < 1.29 is 19.4 Å². The van der Waals surface area contributed by atoms with Crippen molar-refractivity contribution in [1.29, 1.82) is 0 Å². The van der Waals surface area contributed by atoms with E-state index < -0.39 is 11.8 Å². The number of esters is 1. The van der Waals surface area contributed by atoms with E-state index in [1.54, 1.807) is 17.5 Å². The number of aliphatic hydroxyl groups excluding tert-OH is 1. The van der Waals surface area contributed by atoms with Gasteiger partial charge in [0.05, 0.1) is 12.8 Å². The Morgan fingerprint density at radius 3 is 2.75 bits per heavy atom. The number of hydrogen-bond acceptors (Lipinski definition) is 5. The Bertz CT molecular complexity index is 728. The van der Waals surface area contributed by atoms with E-state index in [1.807, 2.05) is 19.1 Å². The molecule has 104 valence electrons. The number of carbonyl (C=O) groups is 2. The van der Waals surface area contributed by atoms with E-state index in [-0.39, 0.29) is 5.76 Å². The van der Waals surface area contributed by atoms with Gasteiger partial charge in [-0.2, -0.15) is 0 Å². The standard InChI is InChI=1S/C14H14N2O4/c1-8-5-4-6-16-12(9(2)15-13(8)16)10(17)7-11(18)14(19)20-3/h4-7,17H,1-3H3. The topological polar surface area (TPSA) is 80.9 Å². The molecule has 0 unspecified atom stereocenters. The molecule has 0 aliphatic rings. The van der Waals surface area contributed by atoms with Crippen LogP contribution in [0.25, 0.3) is 11.4 Å². The highest BCUT2D eigenvalue weighted by atomic mass is 16.5. The van der Waals surface area contributed by atoms with Crippen molar-refractivity contribution in [1.82, 2.24) is 9.38 Å². The Balaban J connectivity index is 2.55. The molecule has 0 atom stereocenters. The zero-order valence-electron chi connectivity index (χ0n) is 11.4. The second kappa shape index (κ2) is 5.16. The van der Waals surface area contributed by atoms with Crippen LogP contribution in [0, 0.1) is 13.8 Å². The summed E-state index contributed by atoms with van der Waals surface area (Å²) in [5.41, 5.74) is 2.56. The molecule has 2 rings (SSSR count). The number of methoxy groups -OCH3 is 1. The maximum atomic E-state index is 11.5. The van der Waals surface area contributed by atoms with Crippen LogP contribution in [-0.4, -0.2) is 33.4 Å². The van der Waals surface area contributed by atoms with E-state index >= 15 is 0 Å². The van der Waals surface area contributed by atoms with Crippen LogP contribution in [0.5, 0.6) is 0 Å². The number of rotatable bonds is 3. The summed E-state index contributed by atoms with van der Waals surface area (Å²) in [7, 11) is 1.11. The van der Waals surface area contributed by atoms with E-state index in [4.69, 9.17) is 0 Å². The number of aliphatic hydroxyl groups is 1. The summed E-state index contributed by atoms with van der Waals surface area (Å²) in [6, 6.07) is 3.70. The first kappa shape index (κ1) is 13.8. The van der Waals surface area contributed by atoms with E-state index in [0.717, 1.165) is 18.7 Å². The Morgan fingerprint density at radius 2 is 2.10 bits per heavy atom. The minimum Gasteiger partial charge on any atom is -0.506 e. The van der Waals surface area contributed by atoms with E-state index in [1.165, 1.54) is 0 Å². The molecule has 1 N–H and O–H groups in total. The zero-order valence-corrected chi connectivity index (χ0v) is 11.4. The Labute approximate surface area is 115 Å². The van der Waals surface area contributed by atoms with Gasteiger partial charge in [0.2, 0.25) is 0 Å². The van der Waals surface area contributed by atoms with Crippen LogP contribution >= 0.6 is 0 Å². The quantitative estimate of drug-likeness (QED) is 0.398. The lowest BCUT2D eigenvalue weighted by molar-refractivity contribution is -0.149. The Kier molecular flexibility index (Phi) is 3.56. The van der Waals surface area contributed by atoms with Gasteiger partial charge >= 0.3 is 5.97 Å². The molecule has 0 fully saturated rings. The predicted octanol–water partition coefficient (Wildman–Crippen LogP) is 1.59. The number of hydrogen-bond donors (Lipinski definition) is 1. The minimum absolute atomic E-state index is 0.323. The molecule has 2 aromatic heterocycles. The van der Waals surface area contributed by atoms with Crippen molar-refractivity contribution in [3.63, 3.8) is 0 Å². The number of imidazole rings is 1. The van der Waals surface area contributed by atoms with Crippen LogP contribution < -0.4 is 0 Å². The van der Waals surface area contributed by atoms with Crippen molar-refractivity contribution >= 4 is 23.2 Å². The molecule has 0 aromatic carbocycles. The van der Waals surface area contributed by atoms with Crippen LogP contribution in [0.1, 0.15) is 17.0 Å². The first-order valence-corrected chi connectivity index (χ1v) is 5.93. The third kappa shape index (κ3) is 2.27. The van der Waals surface area contributed by atoms with Gasteiger partial charge in [0, 0.05) is 12.3 Å². The summed E-state index contributed by atoms with van der Waals surface area (Å²) >= 11 is 0. The molecule has 0 aliphatic carbocycles. The number of fused-ring (bicyclic) bond motifs is 1. The average Bonchev–Trinajstić information content (AvgIpc) is 2.75. The molecule has 0 bridgehead atoms. The highest BCUT2D eigenvalue weighted by Gasteiger charge is 2.17. The van der Waals surface area contributed by atoms with Crippen LogP contribution in [0.4, 0.5) is 0 Å². The number of aryl methyl sites for hydroxylation is 2. The number of carbonyl (C=O) groups excluding carboxylic acids is 2. The lowest BCUT2D eigenvalue weighted by Crippen LogP contribution is -2.13. The molecule has 6 heteroatoms. The number of aromatic nitrogens is 2. The molecule has 6 nitrogen and oxygen atoms in total. The van der Waals surface area contributed by atoms with Gasteiger partial charge in [0.1, 0.15) is 17.1 Å². The molecule has 2 heterocycles. The molecule has 0 saturated heterocycles. The summed E-state index contributed by atoms with van der Waals surface area (Å²) in [5.74, 6) is -2.28. The fraction of sp³-hybridized carbons (Fsp3) is 0.214. The van der Waals surface area contributed by atoms with Crippen LogP contribution in [0.15, 0.2) is 24.4 Å². The SMILES string of the molecule is COC(=O)C(=O)C=C(O)c1c(C)nc2c(C)cccn12. The van der Waals surface area contributed by atoms with Crippen molar-refractivity contribution in [3.05, 3.63) is 41.4 Å². The lowest BCUT2D eigenvalue weighted by atomic mass is 10.2. The summed E-state index contributed by atoms with van der Waals surface area (Å²) in [5, 5.41) is 10.1. The van der Waals surface area contributed by atoms with E-state index in [0.29, 0.717) is 17.0 Å². The van der Waals surface area contributed by atoms with Crippen LogP contribution in [0.3, 0.4) is 0 Å². The second-order valence-corrected chi connectivity index (χ2v) is 4.32. The average molecular weight is 274 g/mol.